The van der Waals surface area contributed by atoms with Gasteiger partial charge in [-0.2, -0.15) is 0 Å². The highest BCUT2D eigenvalue weighted by atomic mass is 19.1. The Kier molecular flexibility index (Phi) is 3.04. The maximum atomic E-state index is 13.5. The molecule has 82 valence electrons. The van der Waals surface area contributed by atoms with Crippen molar-refractivity contribution in [1.82, 2.24) is 0 Å². The number of benzene rings is 1. The standard InChI is InChI=1S/C10H11F2NO2/c1-4-3-5(2)8(12)6(7(4)11)9(13)10(14)15/h3,9H,13H2,1-2H3,(H,14,15). The van der Waals surface area contributed by atoms with Gasteiger partial charge in [0.05, 0.1) is 5.56 Å². The molecule has 3 nitrogen and oxygen atoms in total. The zero-order valence-electron chi connectivity index (χ0n) is 8.34. The van der Waals surface area contributed by atoms with Crippen LogP contribution in [0.3, 0.4) is 0 Å². The summed E-state index contributed by atoms with van der Waals surface area (Å²) in [6.45, 7) is 2.86. The van der Waals surface area contributed by atoms with Crippen molar-refractivity contribution < 1.29 is 18.7 Å². The highest BCUT2D eigenvalue weighted by molar-refractivity contribution is 5.75. The molecule has 5 heteroatoms. The third-order valence-electron chi connectivity index (χ3n) is 2.18. The Bertz CT molecular complexity index is 392. The summed E-state index contributed by atoms with van der Waals surface area (Å²) in [5.41, 5.74) is 4.98. The summed E-state index contributed by atoms with van der Waals surface area (Å²) >= 11 is 0. The fourth-order valence-corrected chi connectivity index (χ4v) is 1.37. The van der Waals surface area contributed by atoms with E-state index in [1.807, 2.05) is 0 Å². The number of aliphatic carboxylic acids is 1. The van der Waals surface area contributed by atoms with Crippen LogP contribution in [0.4, 0.5) is 8.78 Å². The summed E-state index contributed by atoms with van der Waals surface area (Å²) in [7, 11) is 0. The molecule has 1 unspecified atom stereocenters. The lowest BCUT2D eigenvalue weighted by Crippen LogP contribution is -2.24. The van der Waals surface area contributed by atoms with Gasteiger partial charge in [-0.25, -0.2) is 8.78 Å². The predicted octanol–water partition coefficient (Wildman–Crippen LogP) is 1.67. The molecular weight excluding hydrogens is 204 g/mol. The van der Waals surface area contributed by atoms with Gasteiger partial charge in [0, 0.05) is 0 Å². The average molecular weight is 215 g/mol. The Morgan fingerprint density at radius 2 is 1.73 bits per heavy atom. The average Bonchev–Trinajstić information content (AvgIpc) is 2.15. The molecule has 0 radical (unpaired) electrons. The highest BCUT2D eigenvalue weighted by Gasteiger charge is 2.25. The van der Waals surface area contributed by atoms with Gasteiger partial charge in [-0.05, 0) is 25.0 Å². The molecule has 15 heavy (non-hydrogen) atoms. The SMILES string of the molecule is Cc1cc(C)c(F)c(C(N)C(=O)O)c1F. The lowest BCUT2D eigenvalue weighted by molar-refractivity contribution is -0.138. The van der Waals surface area contributed by atoms with Gasteiger partial charge in [-0.15, -0.1) is 0 Å². The molecule has 1 atom stereocenters. The van der Waals surface area contributed by atoms with E-state index >= 15 is 0 Å². The fourth-order valence-electron chi connectivity index (χ4n) is 1.37. The van der Waals surface area contributed by atoms with E-state index < -0.39 is 29.2 Å². The Morgan fingerprint density at radius 1 is 1.33 bits per heavy atom. The van der Waals surface area contributed by atoms with Crippen LogP contribution in [-0.2, 0) is 4.79 Å². The van der Waals surface area contributed by atoms with Crippen molar-refractivity contribution in [1.29, 1.82) is 0 Å². The van der Waals surface area contributed by atoms with Crippen LogP contribution in [0.5, 0.6) is 0 Å². The van der Waals surface area contributed by atoms with E-state index in [9.17, 15) is 13.6 Å². The van der Waals surface area contributed by atoms with Gasteiger partial charge in [0.15, 0.2) is 0 Å². The van der Waals surface area contributed by atoms with Crippen LogP contribution in [0, 0.1) is 25.5 Å². The van der Waals surface area contributed by atoms with Crippen LogP contribution < -0.4 is 5.73 Å². The number of rotatable bonds is 2. The molecule has 0 amide bonds. The lowest BCUT2D eigenvalue weighted by Gasteiger charge is -2.13. The molecule has 3 N–H and O–H groups in total. The number of hydrogen-bond donors (Lipinski definition) is 2. The zero-order valence-corrected chi connectivity index (χ0v) is 8.34. The first-order valence-corrected chi connectivity index (χ1v) is 4.29. The molecule has 1 rings (SSSR count). The molecular formula is C10H11F2NO2. The van der Waals surface area contributed by atoms with Crippen molar-refractivity contribution in [2.75, 3.05) is 0 Å². The number of hydrogen-bond acceptors (Lipinski definition) is 2. The van der Waals surface area contributed by atoms with Crippen LogP contribution in [0.25, 0.3) is 0 Å². The minimum Gasteiger partial charge on any atom is -0.480 e. The molecule has 0 saturated carbocycles. The van der Waals surface area contributed by atoms with Crippen molar-refractivity contribution in [2.24, 2.45) is 5.73 Å². The van der Waals surface area contributed by atoms with Crippen LogP contribution in [0.1, 0.15) is 22.7 Å². The monoisotopic (exact) mass is 215 g/mol. The molecule has 0 fully saturated rings. The van der Waals surface area contributed by atoms with Crippen LogP contribution in [0.2, 0.25) is 0 Å². The normalized spacial score (nSPS) is 12.6. The van der Waals surface area contributed by atoms with E-state index in [1.54, 1.807) is 0 Å². The zero-order chi connectivity index (χ0) is 11.7. The second kappa shape index (κ2) is 3.94. The van der Waals surface area contributed by atoms with Crippen LogP contribution >= 0.6 is 0 Å². The molecule has 0 aliphatic heterocycles. The summed E-state index contributed by atoms with van der Waals surface area (Å²) in [5, 5.41) is 8.61. The van der Waals surface area contributed by atoms with E-state index in [0.29, 0.717) is 0 Å². The molecule has 0 saturated heterocycles. The third kappa shape index (κ3) is 1.97. The van der Waals surface area contributed by atoms with Crippen molar-refractivity contribution in [3.8, 4) is 0 Å². The number of carboxylic acids is 1. The molecule has 0 spiro atoms. The second-order valence-corrected chi connectivity index (χ2v) is 3.37. The van der Waals surface area contributed by atoms with Gasteiger partial charge in [-0.3, -0.25) is 4.79 Å². The Labute approximate surface area is 85.5 Å². The first-order valence-electron chi connectivity index (χ1n) is 4.29. The van der Waals surface area contributed by atoms with Crippen LogP contribution in [-0.4, -0.2) is 11.1 Å². The number of aryl methyl sites for hydroxylation is 2. The highest BCUT2D eigenvalue weighted by Crippen LogP contribution is 2.24. The molecule has 1 aromatic rings. The number of carboxylic acid groups (broad SMARTS) is 1. The second-order valence-electron chi connectivity index (χ2n) is 3.37. The van der Waals surface area contributed by atoms with Gasteiger partial charge in [-0.1, -0.05) is 6.07 Å². The van der Waals surface area contributed by atoms with Gasteiger partial charge in [0.1, 0.15) is 17.7 Å². The van der Waals surface area contributed by atoms with Gasteiger partial charge >= 0.3 is 5.97 Å². The summed E-state index contributed by atoms with van der Waals surface area (Å²) in [4.78, 5) is 10.6. The third-order valence-corrected chi connectivity index (χ3v) is 2.18. The quantitative estimate of drug-likeness (QED) is 0.788. The van der Waals surface area contributed by atoms with Crippen LogP contribution in [0.15, 0.2) is 6.07 Å². The van der Waals surface area contributed by atoms with Gasteiger partial charge in [0.2, 0.25) is 0 Å². The van der Waals surface area contributed by atoms with E-state index in [2.05, 4.69) is 0 Å². The maximum Gasteiger partial charge on any atom is 0.325 e. The Balaban J connectivity index is 3.45. The fraction of sp³-hybridized carbons (Fsp3) is 0.300. The molecule has 1 aromatic carbocycles. The van der Waals surface area contributed by atoms with E-state index in [0.717, 1.165) is 0 Å². The summed E-state index contributed by atoms with van der Waals surface area (Å²) in [6.07, 6.45) is 0. The summed E-state index contributed by atoms with van der Waals surface area (Å²) in [5.74, 6) is -3.25. The van der Waals surface area contributed by atoms with Crippen molar-refractivity contribution in [2.45, 2.75) is 19.9 Å². The van der Waals surface area contributed by atoms with E-state index in [4.69, 9.17) is 10.8 Å². The van der Waals surface area contributed by atoms with Gasteiger partial charge < -0.3 is 10.8 Å². The molecule has 0 aliphatic rings. The summed E-state index contributed by atoms with van der Waals surface area (Å²) < 4.78 is 26.9. The van der Waals surface area contributed by atoms with Gasteiger partial charge in [0.25, 0.3) is 0 Å². The largest absolute Gasteiger partial charge is 0.480 e. The molecule has 0 heterocycles. The van der Waals surface area contributed by atoms with Crippen molar-refractivity contribution in [3.63, 3.8) is 0 Å². The number of nitrogens with two attached hydrogens (primary N) is 1. The summed E-state index contributed by atoms with van der Waals surface area (Å²) in [6, 6.07) is -0.369. The first kappa shape index (κ1) is 11.6. The van der Waals surface area contributed by atoms with E-state index in [-0.39, 0.29) is 11.1 Å². The lowest BCUT2D eigenvalue weighted by atomic mass is 10.00. The smallest absolute Gasteiger partial charge is 0.325 e. The first-order chi connectivity index (χ1) is 6.86. The Morgan fingerprint density at radius 3 is 2.07 bits per heavy atom. The minimum atomic E-state index is -1.68. The van der Waals surface area contributed by atoms with E-state index in [1.165, 1.54) is 19.9 Å². The molecule has 0 bridgehead atoms. The molecule has 0 aromatic heterocycles. The van der Waals surface area contributed by atoms with Crippen molar-refractivity contribution >= 4 is 5.97 Å². The predicted molar refractivity (Wildman–Crippen MR) is 50.4 cm³/mol. The number of carbonyl (C=O) groups is 1. The minimum absolute atomic E-state index is 0.181. The topological polar surface area (TPSA) is 63.3 Å². The maximum absolute atomic E-state index is 13.5. The van der Waals surface area contributed by atoms with Crippen molar-refractivity contribution in [3.05, 3.63) is 34.4 Å². The number of halogens is 2. The molecule has 0 aliphatic carbocycles. The Hall–Kier alpha value is -1.49.